The third-order valence-electron chi connectivity index (χ3n) is 1.57. The number of benzene rings is 1. The zero-order chi connectivity index (χ0) is 9.26. The van der Waals surface area contributed by atoms with Crippen LogP contribution in [0.5, 0.6) is 0 Å². The van der Waals surface area contributed by atoms with Gasteiger partial charge in [0.2, 0.25) is 0 Å². The second kappa shape index (κ2) is 3.26. The van der Waals surface area contributed by atoms with E-state index in [1.54, 1.807) is 0 Å². The summed E-state index contributed by atoms with van der Waals surface area (Å²) >= 11 is 3.36. The van der Waals surface area contributed by atoms with Crippen molar-refractivity contribution in [1.82, 2.24) is 20.2 Å². The van der Waals surface area contributed by atoms with E-state index in [0.717, 1.165) is 10.2 Å². The summed E-state index contributed by atoms with van der Waals surface area (Å²) in [6.07, 6.45) is 0. The van der Waals surface area contributed by atoms with Crippen LogP contribution in [0.3, 0.4) is 0 Å². The molecule has 0 radical (unpaired) electrons. The van der Waals surface area contributed by atoms with Gasteiger partial charge in [0.1, 0.15) is 0 Å². The van der Waals surface area contributed by atoms with Crippen LogP contribution in [0.1, 0.15) is 5.82 Å². The highest BCUT2D eigenvalue weighted by Gasteiger charge is 1.99. The maximum absolute atomic E-state index is 4.09. The number of aromatic nitrogens is 4. The fourth-order valence-corrected chi connectivity index (χ4v) is 1.23. The summed E-state index contributed by atoms with van der Waals surface area (Å²) in [4.78, 5) is 1.50. The molecular weight excluding hydrogens is 232 g/mol. The first kappa shape index (κ1) is 8.37. The molecule has 0 aliphatic carbocycles. The number of hydrogen-bond acceptors (Lipinski definition) is 3. The van der Waals surface area contributed by atoms with Gasteiger partial charge >= 0.3 is 0 Å². The number of nitrogens with zero attached hydrogens (tertiary/aromatic N) is 4. The Morgan fingerprint density at radius 3 is 2.46 bits per heavy atom. The Hall–Kier alpha value is -1.23. The Morgan fingerprint density at radius 2 is 1.92 bits per heavy atom. The number of halogens is 1. The Labute approximate surface area is 83.7 Å². The molecule has 0 saturated carbocycles. The van der Waals surface area contributed by atoms with E-state index in [1.807, 2.05) is 31.2 Å². The normalized spacial score (nSPS) is 10.3. The largest absolute Gasteiger partial charge is 0.172 e. The number of rotatable bonds is 1. The number of tetrazole rings is 1. The number of hydrogen-bond donors (Lipinski definition) is 0. The Balaban J connectivity index is 2.41. The molecule has 0 aliphatic heterocycles. The van der Waals surface area contributed by atoms with Gasteiger partial charge in [-0.1, -0.05) is 15.9 Å². The molecule has 0 unspecified atom stereocenters. The van der Waals surface area contributed by atoms with Crippen LogP contribution in [0, 0.1) is 6.92 Å². The lowest BCUT2D eigenvalue weighted by Crippen LogP contribution is -1.98. The molecule has 13 heavy (non-hydrogen) atoms. The molecule has 0 saturated heterocycles. The molecule has 0 fully saturated rings. The summed E-state index contributed by atoms with van der Waals surface area (Å²) in [6, 6.07) is 7.72. The van der Waals surface area contributed by atoms with Gasteiger partial charge in [0.25, 0.3) is 0 Å². The Kier molecular flexibility index (Phi) is 2.10. The van der Waals surface area contributed by atoms with Crippen molar-refractivity contribution in [3.8, 4) is 5.69 Å². The van der Waals surface area contributed by atoms with Crippen molar-refractivity contribution < 1.29 is 0 Å². The molecule has 1 aromatic carbocycles. The first-order chi connectivity index (χ1) is 6.25. The van der Waals surface area contributed by atoms with Crippen molar-refractivity contribution in [2.45, 2.75) is 6.92 Å². The van der Waals surface area contributed by atoms with E-state index in [0.29, 0.717) is 5.82 Å². The lowest BCUT2D eigenvalue weighted by Gasteiger charge is -1.96. The summed E-state index contributed by atoms with van der Waals surface area (Å²) < 4.78 is 1.04. The van der Waals surface area contributed by atoms with Crippen molar-refractivity contribution in [2.24, 2.45) is 0 Å². The van der Waals surface area contributed by atoms with Gasteiger partial charge in [0.15, 0.2) is 5.82 Å². The molecule has 4 nitrogen and oxygen atoms in total. The highest BCUT2D eigenvalue weighted by molar-refractivity contribution is 9.10. The van der Waals surface area contributed by atoms with E-state index < -0.39 is 0 Å². The predicted molar refractivity (Wildman–Crippen MR) is 51.6 cm³/mol. The standard InChI is InChI=1S/C8H7BrN4/c1-6-10-12-13(11-6)8-4-2-7(9)3-5-8/h2-5H,1H3. The van der Waals surface area contributed by atoms with E-state index in [-0.39, 0.29) is 0 Å². The van der Waals surface area contributed by atoms with E-state index in [9.17, 15) is 0 Å². The van der Waals surface area contributed by atoms with Gasteiger partial charge in [0.05, 0.1) is 5.69 Å². The third-order valence-corrected chi connectivity index (χ3v) is 2.10. The lowest BCUT2D eigenvalue weighted by molar-refractivity contribution is 0.719. The summed E-state index contributed by atoms with van der Waals surface area (Å²) in [5.74, 6) is 0.669. The van der Waals surface area contributed by atoms with Crippen molar-refractivity contribution >= 4 is 15.9 Å². The van der Waals surface area contributed by atoms with Crippen LogP contribution >= 0.6 is 15.9 Å². The highest BCUT2D eigenvalue weighted by atomic mass is 79.9. The second-order valence-electron chi connectivity index (χ2n) is 2.60. The maximum atomic E-state index is 4.09. The van der Waals surface area contributed by atoms with E-state index in [4.69, 9.17) is 0 Å². The van der Waals surface area contributed by atoms with Crippen LogP contribution in [0.15, 0.2) is 28.7 Å². The highest BCUT2D eigenvalue weighted by Crippen LogP contribution is 2.12. The van der Waals surface area contributed by atoms with Crippen LogP contribution in [-0.2, 0) is 0 Å². The third kappa shape index (κ3) is 1.75. The Morgan fingerprint density at radius 1 is 1.23 bits per heavy atom. The quantitative estimate of drug-likeness (QED) is 0.761. The van der Waals surface area contributed by atoms with Crippen LogP contribution in [-0.4, -0.2) is 20.2 Å². The minimum Gasteiger partial charge on any atom is -0.132 e. The molecular formula is C8H7BrN4. The molecule has 1 aromatic heterocycles. The fourth-order valence-electron chi connectivity index (χ4n) is 0.968. The minimum absolute atomic E-state index is 0.669. The van der Waals surface area contributed by atoms with E-state index >= 15 is 0 Å². The molecule has 0 aliphatic rings. The Bertz CT molecular complexity index is 406. The van der Waals surface area contributed by atoms with Gasteiger partial charge in [0, 0.05) is 4.47 Å². The van der Waals surface area contributed by atoms with Crippen LogP contribution in [0.25, 0.3) is 5.69 Å². The molecule has 0 amide bonds. The summed E-state index contributed by atoms with van der Waals surface area (Å²) in [7, 11) is 0. The number of aryl methyl sites for hydroxylation is 1. The zero-order valence-electron chi connectivity index (χ0n) is 6.98. The molecule has 1 heterocycles. The van der Waals surface area contributed by atoms with Crippen molar-refractivity contribution in [3.63, 3.8) is 0 Å². The molecule has 2 rings (SSSR count). The summed E-state index contributed by atoms with van der Waals surface area (Å²) in [5.41, 5.74) is 0.906. The van der Waals surface area contributed by atoms with Gasteiger partial charge < -0.3 is 0 Å². The minimum atomic E-state index is 0.669. The smallest absolute Gasteiger partial charge is 0.132 e. The van der Waals surface area contributed by atoms with Gasteiger partial charge in [-0.2, -0.15) is 0 Å². The first-order valence-electron chi connectivity index (χ1n) is 3.78. The SMILES string of the molecule is Cc1nnn(-c2ccc(Br)cc2)n1. The average Bonchev–Trinajstić information content (AvgIpc) is 2.53. The molecule has 0 spiro atoms. The average molecular weight is 239 g/mol. The summed E-state index contributed by atoms with van der Waals surface area (Å²) in [5, 5.41) is 11.8. The van der Waals surface area contributed by atoms with Crippen molar-refractivity contribution in [2.75, 3.05) is 0 Å². The van der Waals surface area contributed by atoms with E-state index in [1.165, 1.54) is 4.80 Å². The van der Waals surface area contributed by atoms with Crippen molar-refractivity contribution in [3.05, 3.63) is 34.6 Å². The lowest BCUT2D eigenvalue weighted by atomic mass is 10.3. The summed E-state index contributed by atoms with van der Waals surface area (Å²) in [6.45, 7) is 1.81. The zero-order valence-corrected chi connectivity index (χ0v) is 8.56. The fraction of sp³-hybridized carbons (Fsp3) is 0.125. The molecule has 0 bridgehead atoms. The first-order valence-corrected chi connectivity index (χ1v) is 4.57. The molecule has 5 heteroatoms. The van der Waals surface area contributed by atoms with Gasteiger partial charge in [-0.25, -0.2) is 0 Å². The van der Waals surface area contributed by atoms with Crippen LogP contribution in [0.4, 0.5) is 0 Å². The monoisotopic (exact) mass is 238 g/mol. The van der Waals surface area contributed by atoms with Crippen LogP contribution in [0.2, 0.25) is 0 Å². The second-order valence-corrected chi connectivity index (χ2v) is 3.52. The van der Waals surface area contributed by atoms with Crippen molar-refractivity contribution in [1.29, 1.82) is 0 Å². The predicted octanol–water partition coefficient (Wildman–Crippen LogP) is 1.73. The van der Waals surface area contributed by atoms with Crippen LogP contribution < -0.4 is 0 Å². The molecule has 66 valence electrons. The topological polar surface area (TPSA) is 43.6 Å². The van der Waals surface area contributed by atoms with E-state index in [2.05, 4.69) is 31.3 Å². The molecule has 0 N–H and O–H groups in total. The van der Waals surface area contributed by atoms with Gasteiger partial charge in [-0.3, -0.25) is 0 Å². The maximum Gasteiger partial charge on any atom is 0.172 e. The van der Waals surface area contributed by atoms with Gasteiger partial charge in [-0.15, -0.1) is 15.0 Å². The molecule has 2 aromatic rings. The molecule has 0 atom stereocenters. The van der Waals surface area contributed by atoms with Gasteiger partial charge in [-0.05, 0) is 36.4 Å².